The number of benzene rings is 5. The molecule has 30 heteroatoms. The number of carbonyl (C=O) groups excluding carboxylic acids is 3. The minimum atomic E-state index is -3.90. The second-order valence-electron chi connectivity index (χ2n) is 23.4. The van der Waals surface area contributed by atoms with Crippen molar-refractivity contribution in [3.8, 4) is 28.7 Å². The van der Waals surface area contributed by atoms with Crippen LogP contribution in [0, 0.1) is 0 Å². The van der Waals surface area contributed by atoms with Gasteiger partial charge < -0.3 is 99.5 Å². The lowest BCUT2D eigenvalue weighted by molar-refractivity contribution is -0.148. The van der Waals surface area contributed by atoms with Crippen LogP contribution in [-0.2, 0) is 109 Å². The van der Waals surface area contributed by atoms with Crippen molar-refractivity contribution in [2.24, 2.45) is 0 Å². The topological polar surface area (TPSA) is 254 Å². The fraction of sp³-hybridized carbons (Fsp3) is 0.524. The summed E-state index contributed by atoms with van der Waals surface area (Å²) in [5.41, 5.74) is 3.06. The molecule has 25 nitrogen and oxygen atoms in total. The molecule has 5 aromatic carbocycles. The summed E-state index contributed by atoms with van der Waals surface area (Å²) in [7, 11) is -14.7. The van der Waals surface area contributed by atoms with Crippen LogP contribution in [0.1, 0.15) is 155 Å². The Morgan fingerprint density at radius 3 is 0.839 bits per heavy atom. The number of rotatable bonds is 54. The van der Waals surface area contributed by atoms with Crippen LogP contribution < -0.4 is 34.1 Å². The van der Waals surface area contributed by atoms with Crippen molar-refractivity contribution in [3.05, 3.63) is 176 Å². The second kappa shape index (κ2) is 60.8. The minimum absolute atomic E-state index is 0.0347. The summed E-state index contributed by atoms with van der Waals surface area (Å²) < 4.78 is 124. The number of hydrogen-bond acceptors (Lipinski definition) is 25. The Morgan fingerprint density at radius 1 is 0.321 bits per heavy atom. The third-order valence-corrected chi connectivity index (χ3v) is 29.5. The van der Waals surface area contributed by atoms with Gasteiger partial charge in [-0.1, -0.05) is 98.6 Å². The van der Waals surface area contributed by atoms with Gasteiger partial charge in [0.2, 0.25) is 0 Å². The Kier molecular flexibility index (Phi) is 56.0. The van der Waals surface area contributed by atoms with Gasteiger partial charge in [0, 0.05) is 136 Å². The zero-order valence-electron chi connectivity index (χ0n) is 70.3. The molecule has 112 heavy (non-hydrogen) atoms. The minimum Gasteiger partial charge on any atom is -0.490 e. The highest BCUT2D eigenvalue weighted by atomic mass is 28.4. The maximum absolute atomic E-state index is 11.4. The largest absolute Gasteiger partial charge is 0.709 e. The Labute approximate surface area is 674 Å². The van der Waals surface area contributed by atoms with Gasteiger partial charge in [0.05, 0.1) is 6.04 Å². The van der Waals surface area contributed by atoms with Crippen molar-refractivity contribution in [2.45, 2.75) is 175 Å². The molecule has 0 aromatic heterocycles. The molecule has 0 bridgehead atoms. The lowest BCUT2D eigenvalue weighted by atomic mass is 10.1. The molecule has 630 valence electrons. The van der Waals surface area contributed by atoms with Crippen molar-refractivity contribution in [1.82, 2.24) is 0 Å². The van der Waals surface area contributed by atoms with Gasteiger partial charge in [0.25, 0.3) is 17.9 Å². The van der Waals surface area contributed by atoms with Gasteiger partial charge in [0.15, 0.2) is 12.6 Å². The zero-order valence-corrected chi connectivity index (χ0v) is 75.3. The summed E-state index contributed by atoms with van der Waals surface area (Å²) in [5.74, 6) is 1.71. The molecule has 0 saturated heterocycles. The van der Waals surface area contributed by atoms with E-state index in [4.69, 9.17) is 99.5 Å². The van der Waals surface area contributed by atoms with Gasteiger partial charge in [-0.25, -0.2) is 0 Å². The zero-order chi connectivity index (χ0) is 83.5. The maximum atomic E-state index is 11.4. The van der Waals surface area contributed by atoms with E-state index in [0.29, 0.717) is 130 Å². The normalized spacial score (nSPS) is 11.9. The Hall–Kier alpha value is -6.75. The number of hydrogen-bond donors (Lipinski definition) is 0. The maximum Gasteiger partial charge on any atom is 0.709 e. The molecular weight excluding hydrogens is 1530 g/mol. The second-order valence-corrected chi connectivity index (χ2v) is 36.2. The van der Waals surface area contributed by atoms with E-state index in [1.807, 2.05) is 189 Å². The predicted octanol–water partition coefficient (Wildman–Crippen LogP) is 15.0. The van der Waals surface area contributed by atoms with Crippen LogP contribution >= 0.6 is 0 Å². The highest BCUT2D eigenvalue weighted by molar-refractivity contribution is 6.76. The van der Waals surface area contributed by atoms with Crippen LogP contribution in [0.15, 0.2) is 159 Å². The highest BCUT2D eigenvalue weighted by Crippen LogP contribution is 2.26. The first-order chi connectivity index (χ1) is 53.9. The summed E-state index contributed by atoms with van der Waals surface area (Å²) in [6.07, 6.45) is 6.47. The molecule has 5 rings (SSSR count). The van der Waals surface area contributed by atoms with E-state index < -0.39 is 68.2 Å². The Bertz CT molecular complexity index is 3160. The van der Waals surface area contributed by atoms with Crippen LogP contribution in [0.2, 0.25) is 6.04 Å². The van der Waals surface area contributed by atoms with E-state index in [1.54, 1.807) is 49.4 Å². The summed E-state index contributed by atoms with van der Waals surface area (Å²) in [6.45, 7) is 55.0. The molecule has 0 fully saturated rings. The molecule has 0 radical (unpaired) electrons. The van der Waals surface area contributed by atoms with Crippen molar-refractivity contribution < 1.29 is 114 Å². The number of aryl methyl sites for hydroxylation is 1. The molecule has 0 aliphatic rings. The molecule has 0 saturated carbocycles. The molecule has 2 atom stereocenters. The van der Waals surface area contributed by atoms with E-state index in [2.05, 4.69) is 31.9 Å². The standard InChI is InChI=1S/C18H30O4Si.C17H24O8Si.C16H28O5Si.C16H26O4Si.C15H24O4Si/c1-5-15-19-18-13-11-17(12-14-18)10-9-16-23(20-6-2,21-7-3)22-8-4;1-6-21-15(5)22-17-9-7-16(8-10-17)11-26(23-12(2)18,24-13(3)19)25-14(4)20;1-6-17-14(5)21-15-10-12-16(13-11-15)22(18-7-2,19-8-3)20-9-4;1-5-13-17-16-11-9-15(10-12-16)14-21(18-6-2,19-7-3)20-8-4;1-5-13-16-14-9-11-15(12-10-14)20(17-6-2,18-7-3)19-8-4/h5,11-14H,1,6-10,15-16H2,2-4H3;7-10,15H,6,11H2,1-5H3;10-14H,6-9H2,1-5H3;5,9-12H,1,6-8,13-14H2,2-4H3;5,9-12H,1,6-8,13H2,2-4H3. The summed E-state index contributed by atoms with van der Waals surface area (Å²) in [5, 5.41) is 1.89. The van der Waals surface area contributed by atoms with Crippen LogP contribution in [0.5, 0.6) is 28.7 Å². The third kappa shape index (κ3) is 41.5. The van der Waals surface area contributed by atoms with E-state index in [-0.39, 0.29) is 12.3 Å². The summed E-state index contributed by atoms with van der Waals surface area (Å²) in [4.78, 5) is 34.3. The van der Waals surface area contributed by atoms with Crippen molar-refractivity contribution in [1.29, 1.82) is 0 Å². The third-order valence-electron chi connectivity index (χ3n) is 14.6. The number of carbonyl (C=O) groups is 3. The lowest BCUT2D eigenvalue weighted by Gasteiger charge is -2.28. The quantitative estimate of drug-likeness (QED) is 0.0199. The Balaban J connectivity index is 0.000000702. The molecule has 5 aromatic rings. The van der Waals surface area contributed by atoms with Gasteiger partial charge in [-0.3, -0.25) is 14.4 Å². The molecule has 0 N–H and O–H groups in total. The summed E-state index contributed by atoms with van der Waals surface area (Å²) >= 11 is 0. The average Bonchev–Trinajstić information content (AvgIpc) is 0.852. The smallest absolute Gasteiger partial charge is 0.490 e. The van der Waals surface area contributed by atoms with Gasteiger partial charge >= 0.3 is 44.0 Å². The highest BCUT2D eigenvalue weighted by Gasteiger charge is 2.52. The van der Waals surface area contributed by atoms with E-state index >= 15 is 0 Å². The van der Waals surface area contributed by atoms with Crippen LogP contribution in [0.25, 0.3) is 0 Å². The van der Waals surface area contributed by atoms with Crippen LogP contribution in [0.4, 0.5) is 0 Å². The molecule has 0 aliphatic heterocycles. The fourth-order valence-electron chi connectivity index (χ4n) is 10.7. The molecule has 0 aliphatic carbocycles. The summed E-state index contributed by atoms with van der Waals surface area (Å²) in [6, 6.07) is 39.8. The molecule has 0 heterocycles. The SMILES string of the molecule is C=CCOc1ccc(CCC[Si](OCC)(OCC)OCC)cc1.C=CCOc1ccc(C[Si](OCC)(OCC)OCC)cc1.C=CCOc1ccc([Si](OCC)(OCC)OCC)cc1.CCOC(C)Oc1ccc(C[Si](OC(C)=O)(OC(C)=O)OC(C)=O)cc1.CCOC(C)Oc1ccc([Si](OCC)(OCC)OCC)cc1. The van der Waals surface area contributed by atoms with Gasteiger partial charge in [-0.05, 0) is 201 Å². The monoisotopic (exact) mass is 1660 g/mol. The first kappa shape index (κ1) is 103. The fourth-order valence-corrected chi connectivity index (χ4v) is 23.2. The first-order valence-corrected chi connectivity index (χ1v) is 48.1. The molecule has 0 spiro atoms. The first-order valence-electron chi connectivity index (χ1n) is 38.9. The van der Waals surface area contributed by atoms with Crippen molar-refractivity contribution >= 4 is 72.3 Å². The van der Waals surface area contributed by atoms with Gasteiger partial charge in [-0.2, -0.15) is 0 Å². The molecular formula is C82H132O25Si5. The van der Waals surface area contributed by atoms with Crippen LogP contribution in [0.3, 0.4) is 0 Å². The predicted molar refractivity (Wildman–Crippen MR) is 446 cm³/mol. The van der Waals surface area contributed by atoms with Crippen molar-refractivity contribution in [2.75, 3.05) is 112 Å². The lowest BCUT2D eigenvalue weighted by Crippen LogP contribution is -2.56. The van der Waals surface area contributed by atoms with E-state index in [0.717, 1.165) is 78.6 Å². The van der Waals surface area contributed by atoms with Gasteiger partial charge in [-0.15, -0.1) is 0 Å². The van der Waals surface area contributed by atoms with Crippen molar-refractivity contribution in [3.63, 3.8) is 0 Å². The molecule has 0 amide bonds. The molecule has 2 unspecified atom stereocenters. The number of ether oxygens (including phenoxy) is 7. The van der Waals surface area contributed by atoms with Crippen LogP contribution in [-0.4, -0.2) is 187 Å². The average molecular weight is 1660 g/mol. The Morgan fingerprint density at radius 2 is 0.571 bits per heavy atom. The van der Waals surface area contributed by atoms with Gasteiger partial charge in [0.1, 0.15) is 48.6 Å². The van der Waals surface area contributed by atoms with E-state index in [9.17, 15) is 14.4 Å². The van der Waals surface area contributed by atoms with E-state index in [1.165, 1.54) is 5.56 Å².